The van der Waals surface area contributed by atoms with Crippen molar-refractivity contribution in [2.45, 2.75) is 32.9 Å². The maximum atomic E-state index is 5.16. The molecule has 0 aromatic heterocycles. The van der Waals surface area contributed by atoms with E-state index < -0.39 is 0 Å². The summed E-state index contributed by atoms with van der Waals surface area (Å²) < 4.78 is 5.16. The summed E-state index contributed by atoms with van der Waals surface area (Å²) in [7, 11) is 1.70. The van der Waals surface area contributed by atoms with E-state index in [-0.39, 0.29) is 12.4 Å². The normalized spacial score (nSPS) is 11.7. The number of hydrogen-bond donors (Lipinski definition) is 1. The number of rotatable bonds is 5. The molecule has 1 unspecified atom stereocenters. The van der Waals surface area contributed by atoms with Gasteiger partial charge in [0.2, 0.25) is 0 Å². The summed E-state index contributed by atoms with van der Waals surface area (Å²) in [6, 6.07) is 8.73. The van der Waals surface area contributed by atoms with Crippen LogP contribution in [0.5, 0.6) is 5.75 Å². The Morgan fingerprint density at radius 3 is 2.73 bits per heavy atom. The highest BCUT2D eigenvalue weighted by Crippen LogP contribution is 2.12. The van der Waals surface area contributed by atoms with Crippen molar-refractivity contribution < 1.29 is 4.74 Å². The molecule has 0 saturated heterocycles. The number of ether oxygens (including phenoxy) is 1. The van der Waals surface area contributed by atoms with Gasteiger partial charge in [-0.3, -0.25) is 0 Å². The summed E-state index contributed by atoms with van der Waals surface area (Å²) in [6.07, 6.45) is 1.16. The van der Waals surface area contributed by atoms with Gasteiger partial charge in [-0.25, -0.2) is 0 Å². The molecule has 0 heterocycles. The average molecular weight is 230 g/mol. The molecule has 0 radical (unpaired) electrons. The molecule has 3 heteroatoms. The quantitative estimate of drug-likeness (QED) is 0.838. The van der Waals surface area contributed by atoms with E-state index in [1.807, 2.05) is 12.1 Å². The van der Waals surface area contributed by atoms with E-state index in [4.69, 9.17) is 4.74 Å². The molecule has 0 aliphatic heterocycles. The fraction of sp³-hybridized carbons (Fsp3) is 0.500. The minimum absolute atomic E-state index is 0. The Kier molecular flexibility index (Phi) is 7.18. The predicted octanol–water partition coefficient (Wildman–Crippen LogP) is 3.01. The van der Waals surface area contributed by atoms with E-state index in [9.17, 15) is 0 Å². The van der Waals surface area contributed by atoms with Crippen LogP contribution in [0, 0.1) is 0 Å². The van der Waals surface area contributed by atoms with E-state index in [0.717, 1.165) is 18.7 Å². The van der Waals surface area contributed by atoms with Crippen LogP contribution in [0.25, 0.3) is 0 Å². The van der Waals surface area contributed by atoms with Gasteiger partial charge in [0.05, 0.1) is 7.11 Å². The predicted molar refractivity (Wildman–Crippen MR) is 66.8 cm³/mol. The van der Waals surface area contributed by atoms with Crippen LogP contribution in [0.4, 0.5) is 0 Å². The standard InChI is InChI=1S/C12H19NO.ClH/c1-4-10(2)13-9-11-6-5-7-12(8-11)14-3;/h5-8,10,13H,4,9H2,1-3H3;1H. The zero-order chi connectivity index (χ0) is 10.4. The molecule has 15 heavy (non-hydrogen) atoms. The van der Waals surface area contributed by atoms with E-state index in [2.05, 4.69) is 31.3 Å². The van der Waals surface area contributed by atoms with Gasteiger partial charge in [0, 0.05) is 12.6 Å². The van der Waals surface area contributed by atoms with Gasteiger partial charge in [0.1, 0.15) is 5.75 Å². The number of benzene rings is 1. The molecule has 1 atom stereocenters. The number of methoxy groups -OCH3 is 1. The molecule has 1 rings (SSSR count). The van der Waals surface area contributed by atoms with Crippen molar-refractivity contribution >= 4 is 12.4 Å². The van der Waals surface area contributed by atoms with Crippen LogP contribution in [0.1, 0.15) is 25.8 Å². The van der Waals surface area contributed by atoms with Crippen LogP contribution in [0.15, 0.2) is 24.3 Å². The molecule has 1 aromatic rings. The summed E-state index contributed by atoms with van der Waals surface area (Å²) in [5.41, 5.74) is 1.27. The average Bonchev–Trinajstić information content (AvgIpc) is 2.26. The minimum atomic E-state index is 0. The van der Waals surface area contributed by atoms with Gasteiger partial charge in [-0.1, -0.05) is 19.1 Å². The molecule has 0 bridgehead atoms. The summed E-state index contributed by atoms with van der Waals surface area (Å²) in [6.45, 7) is 5.29. The third-order valence-electron chi connectivity index (χ3n) is 2.40. The Balaban J connectivity index is 0.00000196. The summed E-state index contributed by atoms with van der Waals surface area (Å²) in [5, 5.41) is 3.44. The molecular weight excluding hydrogens is 210 g/mol. The lowest BCUT2D eigenvalue weighted by Crippen LogP contribution is -2.24. The van der Waals surface area contributed by atoms with E-state index in [1.54, 1.807) is 7.11 Å². The maximum absolute atomic E-state index is 5.16. The maximum Gasteiger partial charge on any atom is 0.119 e. The molecule has 2 nitrogen and oxygen atoms in total. The number of halogens is 1. The van der Waals surface area contributed by atoms with Gasteiger partial charge in [-0.2, -0.15) is 0 Å². The van der Waals surface area contributed by atoms with Crippen LogP contribution in [-0.2, 0) is 6.54 Å². The highest BCUT2D eigenvalue weighted by Gasteiger charge is 1.99. The van der Waals surface area contributed by atoms with Gasteiger partial charge in [0.25, 0.3) is 0 Å². The SMILES string of the molecule is CCC(C)NCc1cccc(OC)c1.Cl. The van der Waals surface area contributed by atoms with Gasteiger partial charge < -0.3 is 10.1 Å². The molecule has 0 spiro atoms. The second-order valence-corrected chi connectivity index (χ2v) is 3.54. The Labute approximate surface area is 98.4 Å². The van der Waals surface area contributed by atoms with Gasteiger partial charge in [0.15, 0.2) is 0 Å². The van der Waals surface area contributed by atoms with Crippen molar-refractivity contribution in [1.82, 2.24) is 5.32 Å². The first kappa shape index (κ1) is 14.3. The zero-order valence-corrected chi connectivity index (χ0v) is 10.4. The Morgan fingerprint density at radius 2 is 2.13 bits per heavy atom. The first-order valence-electron chi connectivity index (χ1n) is 5.12. The van der Waals surface area contributed by atoms with E-state index in [0.29, 0.717) is 6.04 Å². The topological polar surface area (TPSA) is 21.3 Å². The molecule has 0 saturated carbocycles. The van der Waals surface area contributed by atoms with Crippen LogP contribution >= 0.6 is 12.4 Å². The summed E-state index contributed by atoms with van der Waals surface area (Å²) >= 11 is 0. The lowest BCUT2D eigenvalue weighted by Gasteiger charge is -2.11. The van der Waals surface area contributed by atoms with Crippen molar-refractivity contribution in [3.63, 3.8) is 0 Å². The van der Waals surface area contributed by atoms with Crippen LogP contribution < -0.4 is 10.1 Å². The fourth-order valence-electron chi connectivity index (χ4n) is 1.22. The van der Waals surface area contributed by atoms with Gasteiger partial charge >= 0.3 is 0 Å². The number of hydrogen-bond acceptors (Lipinski definition) is 2. The molecule has 86 valence electrons. The summed E-state index contributed by atoms with van der Waals surface area (Å²) in [4.78, 5) is 0. The Morgan fingerprint density at radius 1 is 1.40 bits per heavy atom. The third-order valence-corrected chi connectivity index (χ3v) is 2.40. The molecule has 0 fully saturated rings. The smallest absolute Gasteiger partial charge is 0.119 e. The van der Waals surface area contributed by atoms with E-state index in [1.165, 1.54) is 5.56 Å². The molecule has 0 aliphatic carbocycles. The fourth-order valence-corrected chi connectivity index (χ4v) is 1.22. The van der Waals surface area contributed by atoms with Crippen LogP contribution in [0.3, 0.4) is 0 Å². The molecule has 0 amide bonds. The molecule has 1 N–H and O–H groups in total. The Bertz CT molecular complexity index is 278. The molecule has 0 aliphatic rings. The second kappa shape index (κ2) is 7.55. The van der Waals surface area contributed by atoms with E-state index >= 15 is 0 Å². The lowest BCUT2D eigenvalue weighted by atomic mass is 10.2. The second-order valence-electron chi connectivity index (χ2n) is 3.54. The number of nitrogens with one attached hydrogen (secondary N) is 1. The highest BCUT2D eigenvalue weighted by molar-refractivity contribution is 5.85. The third kappa shape index (κ3) is 5.05. The first-order valence-corrected chi connectivity index (χ1v) is 5.12. The first-order chi connectivity index (χ1) is 6.76. The van der Waals surface area contributed by atoms with Crippen molar-refractivity contribution in [2.75, 3.05) is 7.11 Å². The van der Waals surface area contributed by atoms with Crippen molar-refractivity contribution in [2.24, 2.45) is 0 Å². The minimum Gasteiger partial charge on any atom is -0.497 e. The van der Waals surface area contributed by atoms with Crippen molar-refractivity contribution in [3.05, 3.63) is 29.8 Å². The lowest BCUT2D eigenvalue weighted by molar-refractivity contribution is 0.413. The van der Waals surface area contributed by atoms with Crippen LogP contribution in [0.2, 0.25) is 0 Å². The molecule has 1 aromatic carbocycles. The van der Waals surface area contributed by atoms with Crippen LogP contribution in [-0.4, -0.2) is 13.2 Å². The molecular formula is C12H20ClNO. The van der Waals surface area contributed by atoms with Crippen molar-refractivity contribution in [1.29, 1.82) is 0 Å². The Hall–Kier alpha value is -0.730. The largest absolute Gasteiger partial charge is 0.497 e. The van der Waals surface area contributed by atoms with Crippen molar-refractivity contribution in [3.8, 4) is 5.75 Å². The monoisotopic (exact) mass is 229 g/mol. The highest BCUT2D eigenvalue weighted by atomic mass is 35.5. The summed E-state index contributed by atoms with van der Waals surface area (Å²) in [5.74, 6) is 0.924. The van der Waals surface area contributed by atoms with Gasteiger partial charge in [-0.15, -0.1) is 12.4 Å². The van der Waals surface area contributed by atoms with Gasteiger partial charge in [-0.05, 0) is 31.0 Å². The zero-order valence-electron chi connectivity index (χ0n) is 9.62.